The third-order valence-electron chi connectivity index (χ3n) is 3.25. The van der Waals surface area contributed by atoms with Gasteiger partial charge in [0, 0.05) is 6.04 Å². The Labute approximate surface area is 101 Å². The van der Waals surface area contributed by atoms with Gasteiger partial charge in [0.2, 0.25) is 5.91 Å². The van der Waals surface area contributed by atoms with Crippen LogP contribution in [0.25, 0.3) is 0 Å². The Balaban J connectivity index is 1.82. The molecule has 0 saturated heterocycles. The van der Waals surface area contributed by atoms with Crippen LogP contribution in [0.4, 0.5) is 4.39 Å². The molecule has 0 spiro atoms. The maximum Gasteiger partial charge on any atom is 0.224 e. The van der Waals surface area contributed by atoms with E-state index >= 15 is 0 Å². The lowest BCUT2D eigenvalue weighted by atomic mass is 9.95. The van der Waals surface area contributed by atoms with Crippen LogP contribution in [0.1, 0.15) is 37.7 Å². The van der Waals surface area contributed by atoms with Gasteiger partial charge < -0.3 is 5.32 Å². The van der Waals surface area contributed by atoms with Gasteiger partial charge in [0.1, 0.15) is 5.82 Å². The summed E-state index contributed by atoms with van der Waals surface area (Å²) >= 11 is 0. The minimum atomic E-state index is -0.263. The van der Waals surface area contributed by atoms with Crippen LogP contribution in [-0.2, 0) is 11.2 Å². The van der Waals surface area contributed by atoms with Gasteiger partial charge in [-0.15, -0.1) is 0 Å². The minimum absolute atomic E-state index is 0.0449. The third kappa shape index (κ3) is 3.84. The summed E-state index contributed by atoms with van der Waals surface area (Å²) < 4.78 is 12.7. The molecule has 0 heterocycles. The Kier molecular flexibility index (Phi) is 4.13. The molecule has 1 saturated carbocycles. The molecule has 92 valence electrons. The number of carbonyl (C=O) groups is 1. The highest BCUT2D eigenvalue weighted by Gasteiger charge is 2.15. The van der Waals surface area contributed by atoms with E-state index in [0.717, 1.165) is 18.4 Å². The SMILES string of the molecule is O=C(Cc1ccc(F)cc1)NC1CCCCC1. The van der Waals surface area contributed by atoms with Gasteiger partial charge in [0.25, 0.3) is 0 Å². The van der Waals surface area contributed by atoms with Crippen LogP contribution in [0, 0.1) is 5.82 Å². The van der Waals surface area contributed by atoms with Crippen molar-refractivity contribution in [3.05, 3.63) is 35.6 Å². The zero-order valence-electron chi connectivity index (χ0n) is 9.92. The lowest BCUT2D eigenvalue weighted by molar-refractivity contribution is -0.121. The number of hydrogen-bond donors (Lipinski definition) is 1. The fourth-order valence-corrected chi connectivity index (χ4v) is 2.31. The lowest BCUT2D eigenvalue weighted by Gasteiger charge is -2.22. The number of hydrogen-bond acceptors (Lipinski definition) is 1. The maximum atomic E-state index is 12.7. The quantitative estimate of drug-likeness (QED) is 0.857. The van der Waals surface area contributed by atoms with E-state index in [4.69, 9.17) is 0 Å². The van der Waals surface area contributed by atoms with Gasteiger partial charge in [0.05, 0.1) is 6.42 Å². The van der Waals surface area contributed by atoms with Gasteiger partial charge in [-0.05, 0) is 30.5 Å². The summed E-state index contributed by atoms with van der Waals surface area (Å²) in [5, 5.41) is 3.05. The molecule has 2 rings (SSSR count). The summed E-state index contributed by atoms with van der Waals surface area (Å²) in [5.74, 6) is -0.218. The monoisotopic (exact) mass is 235 g/mol. The first-order valence-electron chi connectivity index (χ1n) is 6.28. The Morgan fingerprint density at radius 3 is 2.47 bits per heavy atom. The van der Waals surface area contributed by atoms with Gasteiger partial charge in [-0.2, -0.15) is 0 Å². The Morgan fingerprint density at radius 1 is 1.18 bits per heavy atom. The lowest BCUT2D eigenvalue weighted by Crippen LogP contribution is -2.37. The number of nitrogens with one attached hydrogen (secondary N) is 1. The fraction of sp³-hybridized carbons (Fsp3) is 0.500. The van der Waals surface area contributed by atoms with Gasteiger partial charge in [0.15, 0.2) is 0 Å². The van der Waals surface area contributed by atoms with E-state index in [2.05, 4.69) is 5.32 Å². The second-order valence-electron chi connectivity index (χ2n) is 4.71. The van der Waals surface area contributed by atoms with E-state index in [1.807, 2.05) is 0 Å². The molecule has 1 N–H and O–H groups in total. The van der Waals surface area contributed by atoms with Crippen molar-refractivity contribution in [1.82, 2.24) is 5.32 Å². The van der Waals surface area contributed by atoms with Gasteiger partial charge in [-0.3, -0.25) is 4.79 Å². The standard InChI is InChI=1S/C14H18FNO/c15-12-8-6-11(7-9-12)10-14(17)16-13-4-2-1-3-5-13/h6-9,13H,1-5,10H2,(H,16,17). The molecule has 1 aliphatic carbocycles. The van der Waals surface area contributed by atoms with Gasteiger partial charge in [-0.25, -0.2) is 4.39 Å². The molecule has 17 heavy (non-hydrogen) atoms. The molecular formula is C14H18FNO. The van der Waals surface area contributed by atoms with E-state index in [1.54, 1.807) is 12.1 Å². The highest BCUT2D eigenvalue weighted by molar-refractivity contribution is 5.78. The summed E-state index contributed by atoms with van der Waals surface area (Å²) in [6.07, 6.45) is 6.23. The molecule has 1 aromatic rings. The van der Waals surface area contributed by atoms with Crippen LogP contribution in [0.5, 0.6) is 0 Å². The minimum Gasteiger partial charge on any atom is -0.353 e. The smallest absolute Gasteiger partial charge is 0.224 e. The van der Waals surface area contributed by atoms with E-state index < -0.39 is 0 Å². The molecule has 0 radical (unpaired) electrons. The fourth-order valence-electron chi connectivity index (χ4n) is 2.31. The predicted molar refractivity (Wildman–Crippen MR) is 65.1 cm³/mol. The Bertz CT molecular complexity index is 368. The van der Waals surface area contributed by atoms with E-state index in [9.17, 15) is 9.18 Å². The van der Waals surface area contributed by atoms with E-state index in [-0.39, 0.29) is 11.7 Å². The summed E-state index contributed by atoms with van der Waals surface area (Å²) in [6, 6.07) is 6.45. The zero-order chi connectivity index (χ0) is 12.1. The van der Waals surface area contributed by atoms with Crippen LogP contribution in [0.15, 0.2) is 24.3 Å². The zero-order valence-corrected chi connectivity index (χ0v) is 9.92. The normalized spacial score (nSPS) is 16.8. The first-order chi connectivity index (χ1) is 8.24. The molecule has 1 aliphatic rings. The van der Waals surface area contributed by atoms with Crippen LogP contribution >= 0.6 is 0 Å². The molecule has 2 nitrogen and oxygen atoms in total. The molecule has 0 aliphatic heterocycles. The Hall–Kier alpha value is -1.38. The van der Waals surface area contributed by atoms with Gasteiger partial charge in [-0.1, -0.05) is 31.4 Å². The number of halogens is 1. The van der Waals surface area contributed by atoms with Crippen molar-refractivity contribution >= 4 is 5.91 Å². The van der Waals surface area contributed by atoms with Crippen molar-refractivity contribution in [2.24, 2.45) is 0 Å². The number of benzene rings is 1. The molecule has 0 atom stereocenters. The van der Waals surface area contributed by atoms with Crippen molar-refractivity contribution in [3.8, 4) is 0 Å². The van der Waals surface area contributed by atoms with E-state index in [0.29, 0.717) is 12.5 Å². The molecular weight excluding hydrogens is 217 g/mol. The second-order valence-corrected chi connectivity index (χ2v) is 4.71. The first kappa shape index (κ1) is 12.1. The number of amides is 1. The van der Waals surface area contributed by atoms with Crippen LogP contribution in [0.3, 0.4) is 0 Å². The third-order valence-corrected chi connectivity index (χ3v) is 3.25. The summed E-state index contributed by atoms with van der Waals surface area (Å²) in [6.45, 7) is 0. The van der Waals surface area contributed by atoms with E-state index in [1.165, 1.54) is 31.4 Å². The van der Waals surface area contributed by atoms with Crippen molar-refractivity contribution in [2.45, 2.75) is 44.6 Å². The van der Waals surface area contributed by atoms with Crippen molar-refractivity contribution in [3.63, 3.8) is 0 Å². The largest absolute Gasteiger partial charge is 0.353 e. The highest BCUT2D eigenvalue weighted by Crippen LogP contribution is 2.17. The predicted octanol–water partition coefficient (Wildman–Crippen LogP) is 2.82. The van der Waals surface area contributed by atoms with Crippen LogP contribution in [-0.4, -0.2) is 11.9 Å². The summed E-state index contributed by atoms with van der Waals surface area (Å²) in [7, 11) is 0. The topological polar surface area (TPSA) is 29.1 Å². The molecule has 1 fully saturated rings. The summed E-state index contributed by atoms with van der Waals surface area (Å²) in [4.78, 5) is 11.8. The van der Waals surface area contributed by atoms with Crippen molar-refractivity contribution in [2.75, 3.05) is 0 Å². The molecule has 1 amide bonds. The first-order valence-corrected chi connectivity index (χ1v) is 6.28. The maximum absolute atomic E-state index is 12.7. The molecule has 1 aromatic carbocycles. The van der Waals surface area contributed by atoms with Gasteiger partial charge >= 0.3 is 0 Å². The number of carbonyl (C=O) groups excluding carboxylic acids is 1. The van der Waals surface area contributed by atoms with Crippen molar-refractivity contribution < 1.29 is 9.18 Å². The molecule has 0 unspecified atom stereocenters. The molecule has 0 bridgehead atoms. The average Bonchev–Trinajstić information content (AvgIpc) is 2.33. The van der Waals surface area contributed by atoms with Crippen LogP contribution < -0.4 is 5.32 Å². The number of rotatable bonds is 3. The second kappa shape index (κ2) is 5.80. The molecule has 3 heteroatoms. The average molecular weight is 235 g/mol. The Morgan fingerprint density at radius 2 is 1.82 bits per heavy atom. The molecule has 0 aromatic heterocycles. The summed E-state index contributed by atoms with van der Waals surface area (Å²) in [5.41, 5.74) is 0.861. The van der Waals surface area contributed by atoms with Crippen molar-refractivity contribution in [1.29, 1.82) is 0 Å². The van der Waals surface area contributed by atoms with Crippen LogP contribution in [0.2, 0.25) is 0 Å². The highest BCUT2D eigenvalue weighted by atomic mass is 19.1.